The minimum atomic E-state index is -0.692. The van der Waals surface area contributed by atoms with Crippen molar-refractivity contribution in [2.45, 2.75) is 38.3 Å². The molecule has 1 aromatic carbocycles. The lowest BCUT2D eigenvalue weighted by Gasteiger charge is -2.27. The smallest absolute Gasteiger partial charge is 0.306 e. The van der Waals surface area contributed by atoms with Crippen molar-refractivity contribution in [2.24, 2.45) is 5.92 Å². The van der Waals surface area contributed by atoms with Crippen LogP contribution in [0.1, 0.15) is 31.2 Å². The fraction of sp³-hybridized carbons (Fsp3) is 0.500. The molecule has 3 N–H and O–H groups in total. The Balaban J connectivity index is 1.86. The van der Waals surface area contributed by atoms with Gasteiger partial charge < -0.3 is 15.5 Å². The summed E-state index contributed by atoms with van der Waals surface area (Å²) in [7, 11) is 0. The second kappa shape index (κ2) is 6.26. The van der Waals surface area contributed by atoms with E-state index in [1.54, 1.807) is 18.2 Å². The second-order valence-electron chi connectivity index (χ2n) is 5.01. The zero-order valence-corrected chi connectivity index (χ0v) is 11.4. The average molecular weight is 284 g/mol. The lowest BCUT2D eigenvalue weighted by atomic mass is 9.86. The normalized spacial score (nSPS) is 23.2. The van der Waals surface area contributed by atoms with Crippen molar-refractivity contribution < 1.29 is 15.0 Å². The van der Waals surface area contributed by atoms with Crippen LogP contribution in [0.25, 0.3) is 0 Å². The number of rotatable bonds is 4. The highest BCUT2D eigenvalue weighted by Gasteiger charge is 2.25. The van der Waals surface area contributed by atoms with Gasteiger partial charge in [-0.1, -0.05) is 17.7 Å². The molecule has 1 aromatic rings. The summed E-state index contributed by atoms with van der Waals surface area (Å²) < 4.78 is 0. The molecule has 0 unspecified atom stereocenters. The molecule has 0 aliphatic heterocycles. The molecule has 1 fully saturated rings. The van der Waals surface area contributed by atoms with E-state index in [2.05, 4.69) is 5.32 Å². The van der Waals surface area contributed by atoms with Gasteiger partial charge in [0.2, 0.25) is 0 Å². The largest absolute Gasteiger partial charge is 0.508 e. The summed E-state index contributed by atoms with van der Waals surface area (Å²) in [6.07, 6.45) is 3.12. The summed E-state index contributed by atoms with van der Waals surface area (Å²) in [5.41, 5.74) is 0.699. The first-order valence-corrected chi connectivity index (χ1v) is 6.88. The van der Waals surface area contributed by atoms with Crippen LogP contribution in [0, 0.1) is 5.92 Å². The van der Waals surface area contributed by atoms with Gasteiger partial charge in [0, 0.05) is 23.2 Å². The molecule has 0 amide bonds. The van der Waals surface area contributed by atoms with Crippen LogP contribution in [-0.2, 0) is 11.3 Å². The standard InChI is InChI=1S/C14H18ClNO3/c15-12-2-1-3-13(17)11(12)8-16-10-6-4-9(5-7-10)14(18)19/h1-3,9-10,16-17H,4-8H2,(H,18,19). The fourth-order valence-electron chi connectivity index (χ4n) is 2.51. The SMILES string of the molecule is O=C(O)C1CCC(NCc2c(O)cccc2Cl)CC1. The highest BCUT2D eigenvalue weighted by atomic mass is 35.5. The second-order valence-corrected chi connectivity index (χ2v) is 5.41. The van der Waals surface area contributed by atoms with Crippen LogP contribution < -0.4 is 5.32 Å². The van der Waals surface area contributed by atoms with E-state index in [1.165, 1.54) is 0 Å². The molecule has 1 aliphatic carbocycles. The third-order valence-corrected chi connectivity index (χ3v) is 4.09. The molecule has 0 saturated heterocycles. The van der Waals surface area contributed by atoms with E-state index in [-0.39, 0.29) is 11.7 Å². The number of phenols is 1. The number of carboxylic acids is 1. The van der Waals surface area contributed by atoms with Crippen LogP contribution in [0.3, 0.4) is 0 Å². The molecule has 5 heteroatoms. The Hall–Kier alpha value is -1.26. The lowest BCUT2D eigenvalue weighted by molar-refractivity contribution is -0.142. The van der Waals surface area contributed by atoms with Crippen LogP contribution in [0.5, 0.6) is 5.75 Å². The van der Waals surface area contributed by atoms with E-state index < -0.39 is 5.97 Å². The molecule has 0 spiro atoms. The number of hydrogen-bond donors (Lipinski definition) is 3. The van der Waals surface area contributed by atoms with Crippen molar-refractivity contribution in [2.75, 3.05) is 0 Å². The average Bonchev–Trinajstić information content (AvgIpc) is 2.38. The van der Waals surface area contributed by atoms with Crippen molar-refractivity contribution in [3.05, 3.63) is 28.8 Å². The van der Waals surface area contributed by atoms with Gasteiger partial charge in [-0.05, 0) is 37.8 Å². The van der Waals surface area contributed by atoms with Gasteiger partial charge in [-0.15, -0.1) is 0 Å². The van der Waals surface area contributed by atoms with Gasteiger partial charge in [0.05, 0.1) is 5.92 Å². The van der Waals surface area contributed by atoms with Crippen LogP contribution in [-0.4, -0.2) is 22.2 Å². The van der Waals surface area contributed by atoms with Crippen molar-refractivity contribution in [1.29, 1.82) is 0 Å². The predicted octanol–water partition coefficient (Wildman–Crippen LogP) is 2.78. The van der Waals surface area contributed by atoms with Crippen molar-refractivity contribution in [3.63, 3.8) is 0 Å². The number of nitrogens with one attached hydrogen (secondary N) is 1. The maximum atomic E-state index is 10.9. The lowest BCUT2D eigenvalue weighted by Crippen LogP contribution is -2.34. The highest BCUT2D eigenvalue weighted by molar-refractivity contribution is 6.31. The molecule has 2 rings (SSSR count). The van der Waals surface area contributed by atoms with Crippen molar-refractivity contribution in [1.82, 2.24) is 5.32 Å². The summed E-state index contributed by atoms with van der Waals surface area (Å²) >= 11 is 6.03. The zero-order valence-electron chi connectivity index (χ0n) is 10.6. The molecular weight excluding hydrogens is 266 g/mol. The first kappa shape index (κ1) is 14.2. The van der Waals surface area contributed by atoms with Crippen LogP contribution in [0.4, 0.5) is 0 Å². The first-order valence-electron chi connectivity index (χ1n) is 6.50. The minimum Gasteiger partial charge on any atom is -0.508 e. The number of benzene rings is 1. The van der Waals surface area contributed by atoms with Gasteiger partial charge in [-0.2, -0.15) is 0 Å². The number of aromatic hydroxyl groups is 1. The van der Waals surface area contributed by atoms with Crippen LogP contribution >= 0.6 is 11.6 Å². The van der Waals surface area contributed by atoms with Crippen LogP contribution in [0.15, 0.2) is 18.2 Å². The van der Waals surface area contributed by atoms with E-state index >= 15 is 0 Å². The number of hydrogen-bond acceptors (Lipinski definition) is 3. The Morgan fingerprint density at radius 2 is 2.00 bits per heavy atom. The molecule has 0 radical (unpaired) electrons. The molecule has 0 heterocycles. The van der Waals surface area contributed by atoms with Crippen molar-refractivity contribution in [3.8, 4) is 5.75 Å². The van der Waals surface area contributed by atoms with E-state index in [9.17, 15) is 9.90 Å². The summed E-state index contributed by atoms with van der Waals surface area (Å²) in [6.45, 7) is 0.508. The van der Waals surface area contributed by atoms with Gasteiger partial charge >= 0.3 is 5.97 Å². The van der Waals surface area contributed by atoms with Crippen molar-refractivity contribution >= 4 is 17.6 Å². The fourth-order valence-corrected chi connectivity index (χ4v) is 2.75. The van der Waals surface area contributed by atoms with Gasteiger partial charge in [-0.3, -0.25) is 4.79 Å². The molecule has 19 heavy (non-hydrogen) atoms. The highest BCUT2D eigenvalue weighted by Crippen LogP contribution is 2.27. The third kappa shape index (κ3) is 3.61. The van der Waals surface area contributed by atoms with Gasteiger partial charge in [0.25, 0.3) is 0 Å². The number of halogens is 1. The summed E-state index contributed by atoms with van der Waals surface area (Å²) in [5, 5.41) is 22.6. The zero-order chi connectivity index (χ0) is 13.8. The molecule has 1 aliphatic rings. The van der Waals surface area contributed by atoms with E-state index in [0.717, 1.165) is 12.8 Å². The molecule has 4 nitrogen and oxygen atoms in total. The first-order chi connectivity index (χ1) is 9.08. The third-order valence-electron chi connectivity index (χ3n) is 3.74. The molecule has 104 valence electrons. The Morgan fingerprint density at radius 3 is 2.58 bits per heavy atom. The van der Waals surface area contributed by atoms with Gasteiger partial charge in [0.1, 0.15) is 5.75 Å². The molecule has 1 saturated carbocycles. The monoisotopic (exact) mass is 283 g/mol. The Morgan fingerprint density at radius 1 is 1.32 bits per heavy atom. The topological polar surface area (TPSA) is 69.6 Å². The maximum Gasteiger partial charge on any atom is 0.306 e. The maximum absolute atomic E-state index is 10.9. The Kier molecular flexibility index (Phi) is 4.66. The minimum absolute atomic E-state index is 0.194. The predicted molar refractivity (Wildman–Crippen MR) is 73.3 cm³/mol. The molecule has 0 atom stereocenters. The Labute approximate surface area is 117 Å². The Bertz CT molecular complexity index is 436. The van der Waals surface area contributed by atoms with Gasteiger partial charge in [0.15, 0.2) is 0 Å². The molecule has 0 aromatic heterocycles. The van der Waals surface area contributed by atoms with Crippen LogP contribution in [0.2, 0.25) is 5.02 Å². The van der Waals surface area contributed by atoms with Gasteiger partial charge in [-0.25, -0.2) is 0 Å². The molecule has 0 bridgehead atoms. The number of aliphatic carboxylic acids is 1. The molecular formula is C14H18ClNO3. The van der Waals surface area contributed by atoms with E-state index in [4.69, 9.17) is 16.7 Å². The number of phenolic OH excluding ortho intramolecular Hbond substituents is 1. The van der Waals surface area contributed by atoms with E-state index in [1.807, 2.05) is 0 Å². The number of carbonyl (C=O) groups is 1. The summed E-state index contributed by atoms with van der Waals surface area (Å²) in [5.74, 6) is -0.701. The van der Waals surface area contributed by atoms with E-state index in [0.29, 0.717) is 36.0 Å². The summed E-state index contributed by atoms with van der Waals surface area (Å²) in [6, 6.07) is 5.37. The summed E-state index contributed by atoms with van der Waals surface area (Å²) in [4.78, 5) is 10.9. The number of carboxylic acid groups (broad SMARTS) is 1. The quantitative estimate of drug-likeness (QED) is 0.795.